The third-order valence-electron chi connectivity index (χ3n) is 3.49. The van der Waals surface area contributed by atoms with Gasteiger partial charge in [-0.05, 0) is 40.2 Å². The molecule has 2 heterocycles. The van der Waals surface area contributed by atoms with E-state index in [2.05, 4.69) is 10.2 Å². The van der Waals surface area contributed by atoms with Crippen molar-refractivity contribution in [1.82, 2.24) is 10.2 Å². The van der Waals surface area contributed by atoms with Crippen LogP contribution in [0.25, 0.3) is 0 Å². The predicted octanol–water partition coefficient (Wildman–Crippen LogP) is 1.13. The van der Waals surface area contributed by atoms with Crippen LogP contribution in [0.4, 0.5) is 0 Å². The Morgan fingerprint density at radius 2 is 1.95 bits per heavy atom. The van der Waals surface area contributed by atoms with Crippen molar-refractivity contribution in [3.63, 3.8) is 0 Å². The smallest absolute Gasteiger partial charge is 0.234 e. The minimum absolute atomic E-state index is 0.0809. The second-order valence-corrected chi connectivity index (χ2v) is 6.44. The van der Waals surface area contributed by atoms with Gasteiger partial charge in [-0.2, -0.15) is 0 Å². The predicted molar refractivity (Wildman–Crippen MR) is 72.8 cm³/mol. The molecule has 0 aliphatic carbocycles. The van der Waals surface area contributed by atoms with Crippen molar-refractivity contribution in [3.8, 4) is 0 Å². The summed E-state index contributed by atoms with van der Waals surface area (Å²) in [7, 11) is 0. The molecule has 0 aromatic heterocycles. The highest BCUT2D eigenvalue weighted by atomic mass is 16.7. The summed E-state index contributed by atoms with van der Waals surface area (Å²) >= 11 is 0. The Bertz CT molecular complexity index is 308. The molecule has 1 unspecified atom stereocenters. The molecule has 1 amide bonds. The first-order valence-electron chi connectivity index (χ1n) is 7.24. The van der Waals surface area contributed by atoms with Crippen LogP contribution in [0.3, 0.4) is 0 Å². The zero-order valence-corrected chi connectivity index (χ0v) is 12.3. The lowest BCUT2D eigenvalue weighted by Crippen LogP contribution is -2.53. The van der Waals surface area contributed by atoms with Crippen LogP contribution in [0.1, 0.15) is 40.0 Å². The van der Waals surface area contributed by atoms with E-state index in [9.17, 15) is 4.79 Å². The number of hydrogen-bond acceptors (Lipinski definition) is 4. The molecule has 0 aromatic rings. The second-order valence-electron chi connectivity index (χ2n) is 6.44. The lowest BCUT2D eigenvalue weighted by molar-refractivity contribution is -0.132. The minimum atomic E-state index is -0.178. The normalized spacial score (nSPS) is 26.6. The van der Waals surface area contributed by atoms with Gasteiger partial charge in [-0.25, -0.2) is 0 Å². The van der Waals surface area contributed by atoms with Gasteiger partial charge >= 0.3 is 0 Å². The van der Waals surface area contributed by atoms with Crippen molar-refractivity contribution in [2.45, 2.75) is 57.9 Å². The Kier molecular flexibility index (Phi) is 4.81. The number of ether oxygens (including phenoxy) is 2. The van der Waals surface area contributed by atoms with E-state index in [4.69, 9.17) is 9.47 Å². The first kappa shape index (κ1) is 14.8. The van der Waals surface area contributed by atoms with Gasteiger partial charge in [0.1, 0.15) is 0 Å². The Morgan fingerprint density at radius 3 is 2.58 bits per heavy atom. The summed E-state index contributed by atoms with van der Waals surface area (Å²) in [5.41, 5.74) is -0.178. The Labute approximate surface area is 115 Å². The molecule has 5 heteroatoms. The number of piperidine rings is 1. The molecule has 0 spiro atoms. The summed E-state index contributed by atoms with van der Waals surface area (Å²) in [5.74, 6) is 0.0809. The van der Waals surface area contributed by atoms with E-state index < -0.39 is 0 Å². The topological polar surface area (TPSA) is 50.8 Å². The summed E-state index contributed by atoms with van der Waals surface area (Å²) in [6.07, 6.45) is 3.23. The molecule has 2 rings (SSSR count). The zero-order valence-electron chi connectivity index (χ0n) is 12.3. The number of carbonyl (C=O) groups excluding carboxylic acids is 1. The van der Waals surface area contributed by atoms with E-state index in [-0.39, 0.29) is 23.8 Å². The van der Waals surface area contributed by atoms with Crippen LogP contribution in [0.5, 0.6) is 0 Å². The second kappa shape index (κ2) is 6.20. The molecule has 0 saturated carbocycles. The minimum Gasteiger partial charge on any atom is -0.350 e. The van der Waals surface area contributed by atoms with Crippen LogP contribution in [0, 0.1) is 0 Å². The Morgan fingerprint density at radius 1 is 1.26 bits per heavy atom. The maximum atomic E-state index is 12.1. The van der Waals surface area contributed by atoms with Crippen LogP contribution >= 0.6 is 0 Å². The van der Waals surface area contributed by atoms with Gasteiger partial charge in [-0.1, -0.05) is 6.42 Å². The Hall–Kier alpha value is -0.650. The number of carbonyl (C=O) groups is 1. The average Bonchev–Trinajstić information content (AvgIpc) is 2.80. The van der Waals surface area contributed by atoms with Crippen LogP contribution in [0.2, 0.25) is 0 Å². The summed E-state index contributed by atoms with van der Waals surface area (Å²) in [4.78, 5) is 14.3. The van der Waals surface area contributed by atoms with Crippen LogP contribution in [0.15, 0.2) is 0 Å². The SMILES string of the molecule is CC(C)(C)NC(=O)CN1CCCCC1C1OCCO1. The lowest BCUT2D eigenvalue weighted by Gasteiger charge is -2.37. The van der Waals surface area contributed by atoms with Gasteiger partial charge in [-0.15, -0.1) is 0 Å². The van der Waals surface area contributed by atoms with Crippen LogP contribution < -0.4 is 5.32 Å². The van der Waals surface area contributed by atoms with Crippen molar-refractivity contribution in [2.75, 3.05) is 26.3 Å². The van der Waals surface area contributed by atoms with Crippen molar-refractivity contribution < 1.29 is 14.3 Å². The van der Waals surface area contributed by atoms with E-state index >= 15 is 0 Å². The third kappa shape index (κ3) is 4.44. The van der Waals surface area contributed by atoms with Gasteiger partial charge < -0.3 is 14.8 Å². The van der Waals surface area contributed by atoms with Gasteiger partial charge in [-0.3, -0.25) is 9.69 Å². The molecule has 0 radical (unpaired) electrons. The van der Waals surface area contributed by atoms with Crippen molar-refractivity contribution in [2.24, 2.45) is 0 Å². The number of likely N-dealkylation sites (tertiary alicyclic amines) is 1. The number of nitrogens with one attached hydrogen (secondary N) is 1. The summed E-state index contributed by atoms with van der Waals surface area (Å²) in [6.45, 7) is 8.73. The maximum absolute atomic E-state index is 12.1. The number of hydrogen-bond donors (Lipinski definition) is 1. The fourth-order valence-electron chi connectivity index (χ4n) is 2.76. The molecule has 2 aliphatic rings. The highest BCUT2D eigenvalue weighted by Gasteiger charge is 2.34. The molecule has 2 aliphatic heterocycles. The molecule has 2 saturated heterocycles. The number of amides is 1. The van der Waals surface area contributed by atoms with Crippen LogP contribution in [-0.4, -0.2) is 55.0 Å². The lowest BCUT2D eigenvalue weighted by atomic mass is 10.0. The van der Waals surface area contributed by atoms with E-state index in [1.807, 2.05) is 20.8 Å². The first-order valence-corrected chi connectivity index (χ1v) is 7.24. The van der Waals surface area contributed by atoms with Gasteiger partial charge in [0.15, 0.2) is 6.29 Å². The fourth-order valence-corrected chi connectivity index (χ4v) is 2.76. The highest BCUT2D eigenvalue weighted by molar-refractivity contribution is 5.78. The quantitative estimate of drug-likeness (QED) is 0.835. The van der Waals surface area contributed by atoms with Gasteiger partial charge in [0.2, 0.25) is 5.91 Å². The monoisotopic (exact) mass is 270 g/mol. The highest BCUT2D eigenvalue weighted by Crippen LogP contribution is 2.24. The fraction of sp³-hybridized carbons (Fsp3) is 0.929. The maximum Gasteiger partial charge on any atom is 0.234 e. The molecule has 2 fully saturated rings. The summed E-state index contributed by atoms with van der Waals surface area (Å²) in [6, 6.07) is 0.224. The third-order valence-corrected chi connectivity index (χ3v) is 3.49. The first-order chi connectivity index (χ1) is 8.96. The van der Waals surface area contributed by atoms with E-state index in [1.54, 1.807) is 0 Å². The summed E-state index contributed by atoms with van der Waals surface area (Å²) in [5, 5.41) is 3.02. The average molecular weight is 270 g/mol. The molecule has 19 heavy (non-hydrogen) atoms. The number of nitrogens with zero attached hydrogens (tertiary/aromatic N) is 1. The molecule has 0 aromatic carbocycles. The van der Waals surface area contributed by atoms with Crippen molar-refractivity contribution in [3.05, 3.63) is 0 Å². The van der Waals surface area contributed by atoms with E-state index in [0.717, 1.165) is 19.4 Å². The van der Waals surface area contributed by atoms with Crippen molar-refractivity contribution in [1.29, 1.82) is 0 Å². The molecular weight excluding hydrogens is 244 g/mol. The van der Waals surface area contributed by atoms with E-state index in [0.29, 0.717) is 19.8 Å². The Balaban J connectivity index is 1.90. The van der Waals surface area contributed by atoms with E-state index in [1.165, 1.54) is 6.42 Å². The molecule has 1 N–H and O–H groups in total. The number of rotatable bonds is 3. The summed E-state index contributed by atoms with van der Waals surface area (Å²) < 4.78 is 11.2. The van der Waals surface area contributed by atoms with Gasteiger partial charge in [0.05, 0.1) is 25.8 Å². The standard InChI is InChI=1S/C14H26N2O3/c1-14(2,3)15-12(17)10-16-7-5-4-6-11(16)13-18-8-9-19-13/h11,13H,4-10H2,1-3H3,(H,15,17). The molecule has 5 nitrogen and oxygen atoms in total. The van der Waals surface area contributed by atoms with Gasteiger partial charge in [0.25, 0.3) is 0 Å². The van der Waals surface area contributed by atoms with Gasteiger partial charge in [0, 0.05) is 5.54 Å². The van der Waals surface area contributed by atoms with Crippen molar-refractivity contribution >= 4 is 5.91 Å². The molecule has 0 bridgehead atoms. The zero-order chi connectivity index (χ0) is 13.9. The van der Waals surface area contributed by atoms with Crippen LogP contribution in [-0.2, 0) is 14.3 Å². The molecule has 110 valence electrons. The largest absolute Gasteiger partial charge is 0.350 e. The molecule has 1 atom stereocenters. The molecular formula is C14H26N2O3.